The van der Waals surface area contributed by atoms with Crippen molar-refractivity contribution in [1.29, 1.82) is 0 Å². The minimum atomic E-state index is -0.469. The molecule has 0 fully saturated rings. The van der Waals surface area contributed by atoms with Crippen molar-refractivity contribution in [3.05, 3.63) is 58.2 Å². The van der Waals surface area contributed by atoms with Crippen molar-refractivity contribution in [3.8, 4) is 0 Å². The van der Waals surface area contributed by atoms with Crippen LogP contribution in [0.1, 0.15) is 18.4 Å². The van der Waals surface area contributed by atoms with Crippen LogP contribution in [0, 0.1) is 17.0 Å². The second-order valence-electron chi connectivity index (χ2n) is 4.85. The molecule has 0 radical (unpaired) electrons. The molecule has 118 valence electrons. The third kappa shape index (κ3) is 4.26. The highest BCUT2D eigenvalue weighted by Crippen LogP contribution is 2.25. The van der Waals surface area contributed by atoms with E-state index >= 15 is 0 Å². The highest BCUT2D eigenvalue weighted by Gasteiger charge is 2.18. The Kier molecular flexibility index (Phi) is 6.47. The SMILES string of the molecule is C=C/C=C(/CCCO)C(=O)N(C)c1ccc([N+](=O)[O-])cc1C. The van der Waals surface area contributed by atoms with E-state index in [9.17, 15) is 14.9 Å². The van der Waals surface area contributed by atoms with Crippen LogP contribution in [0.3, 0.4) is 0 Å². The van der Waals surface area contributed by atoms with Gasteiger partial charge in [-0.15, -0.1) is 0 Å². The third-order valence-electron chi connectivity index (χ3n) is 3.26. The molecule has 22 heavy (non-hydrogen) atoms. The Morgan fingerprint density at radius 1 is 1.50 bits per heavy atom. The fourth-order valence-electron chi connectivity index (χ4n) is 2.13. The number of nitro benzene ring substituents is 1. The Labute approximate surface area is 129 Å². The summed E-state index contributed by atoms with van der Waals surface area (Å²) in [4.78, 5) is 24.2. The molecule has 0 aliphatic rings. The molecule has 6 nitrogen and oxygen atoms in total. The van der Waals surface area contributed by atoms with Crippen molar-refractivity contribution in [2.45, 2.75) is 19.8 Å². The van der Waals surface area contributed by atoms with Gasteiger partial charge in [-0.2, -0.15) is 0 Å². The van der Waals surface area contributed by atoms with E-state index in [-0.39, 0.29) is 18.2 Å². The number of rotatable bonds is 7. The van der Waals surface area contributed by atoms with Gasteiger partial charge in [0.2, 0.25) is 0 Å². The summed E-state index contributed by atoms with van der Waals surface area (Å²) in [6, 6.07) is 4.36. The van der Waals surface area contributed by atoms with Gasteiger partial charge in [0.15, 0.2) is 0 Å². The summed E-state index contributed by atoms with van der Waals surface area (Å²) in [5, 5.41) is 19.7. The van der Waals surface area contributed by atoms with Crippen LogP contribution in [0.25, 0.3) is 0 Å². The van der Waals surface area contributed by atoms with Gasteiger partial charge >= 0.3 is 0 Å². The van der Waals surface area contributed by atoms with E-state index in [1.54, 1.807) is 26.1 Å². The molecule has 0 heterocycles. The standard InChI is InChI=1S/C16H20N2O4/c1-4-6-13(7-5-10-19)16(20)17(3)15-9-8-14(18(21)22)11-12(15)2/h4,6,8-9,11,19H,1,5,7,10H2,2-3H3/b13-6-. The summed E-state index contributed by atoms with van der Waals surface area (Å²) in [5.41, 5.74) is 1.77. The normalized spacial score (nSPS) is 11.1. The summed E-state index contributed by atoms with van der Waals surface area (Å²) in [6.45, 7) is 5.31. The van der Waals surface area contributed by atoms with E-state index < -0.39 is 4.92 Å². The first-order valence-corrected chi connectivity index (χ1v) is 6.88. The van der Waals surface area contributed by atoms with Gasteiger partial charge in [0.25, 0.3) is 11.6 Å². The summed E-state index contributed by atoms with van der Waals surface area (Å²) >= 11 is 0. The number of benzene rings is 1. The average molecular weight is 304 g/mol. The number of likely N-dealkylation sites (N-methyl/N-ethyl adjacent to an activating group) is 1. The van der Waals surface area contributed by atoms with Gasteiger partial charge in [0.1, 0.15) is 0 Å². The topological polar surface area (TPSA) is 83.7 Å². The van der Waals surface area contributed by atoms with E-state index in [4.69, 9.17) is 5.11 Å². The Morgan fingerprint density at radius 3 is 2.68 bits per heavy atom. The zero-order chi connectivity index (χ0) is 16.7. The molecule has 1 aromatic carbocycles. The zero-order valence-electron chi connectivity index (χ0n) is 12.8. The van der Waals surface area contributed by atoms with Crippen LogP contribution < -0.4 is 4.90 Å². The number of non-ortho nitro benzene ring substituents is 1. The molecule has 0 saturated heterocycles. The van der Waals surface area contributed by atoms with Crippen LogP contribution in [0.5, 0.6) is 0 Å². The molecular weight excluding hydrogens is 284 g/mol. The van der Waals surface area contributed by atoms with Gasteiger partial charge in [-0.1, -0.05) is 18.7 Å². The maximum absolute atomic E-state index is 12.5. The molecule has 1 amide bonds. The number of aliphatic hydroxyl groups is 1. The van der Waals surface area contributed by atoms with E-state index in [0.717, 1.165) is 0 Å². The number of aliphatic hydroxyl groups excluding tert-OH is 1. The van der Waals surface area contributed by atoms with Crippen LogP contribution in [-0.4, -0.2) is 29.6 Å². The van der Waals surface area contributed by atoms with E-state index in [1.807, 2.05) is 0 Å². The molecule has 0 unspecified atom stereocenters. The van der Waals surface area contributed by atoms with Gasteiger partial charge in [-0.05, 0) is 31.4 Å². The molecule has 0 aromatic heterocycles. The lowest BCUT2D eigenvalue weighted by Gasteiger charge is -2.21. The lowest BCUT2D eigenvalue weighted by atomic mass is 10.1. The van der Waals surface area contributed by atoms with Gasteiger partial charge in [0.05, 0.1) is 4.92 Å². The average Bonchev–Trinajstić information content (AvgIpc) is 2.49. The molecule has 1 rings (SSSR count). The third-order valence-corrected chi connectivity index (χ3v) is 3.26. The number of carbonyl (C=O) groups is 1. The molecule has 0 aliphatic heterocycles. The molecule has 0 bridgehead atoms. The van der Waals surface area contributed by atoms with Crippen molar-refractivity contribution in [1.82, 2.24) is 0 Å². The Hall–Kier alpha value is -2.47. The number of hydrogen-bond acceptors (Lipinski definition) is 4. The van der Waals surface area contributed by atoms with Crippen molar-refractivity contribution < 1.29 is 14.8 Å². The van der Waals surface area contributed by atoms with Crippen LogP contribution in [0.2, 0.25) is 0 Å². The maximum atomic E-state index is 12.5. The predicted octanol–water partition coefficient (Wildman–Crippen LogP) is 2.75. The number of nitrogens with zero attached hydrogens (tertiary/aromatic N) is 2. The minimum Gasteiger partial charge on any atom is -0.396 e. The Balaban J connectivity index is 3.05. The molecular formula is C16H20N2O4. The lowest BCUT2D eigenvalue weighted by molar-refractivity contribution is -0.384. The van der Waals surface area contributed by atoms with Crippen LogP contribution in [0.15, 0.2) is 42.5 Å². The summed E-state index contributed by atoms with van der Waals surface area (Å²) in [5.74, 6) is -0.217. The first-order chi connectivity index (χ1) is 10.4. The van der Waals surface area contributed by atoms with Crippen LogP contribution >= 0.6 is 0 Å². The molecule has 0 aliphatic carbocycles. The summed E-state index contributed by atoms with van der Waals surface area (Å²) in [7, 11) is 1.62. The first kappa shape index (κ1) is 17.6. The van der Waals surface area contributed by atoms with Crippen molar-refractivity contribution in [2.75, 3.05) is 18.6 Å². The van der Waals surface area contributed by atoms with Crippen LogP contribution in [0.4, 0.5) is 11.4 Å². The molecule has 0 atom stereocenters. The second-order valence-corrected chi connectivity index (χ2v) is 4.85. The smallest absolute Gasteiger partial charge is 0.269 e. The Morgan fingerprint density at radius 2 is 2.18 bits per heavy atom. The quantitative estimate of drug-likeness (QED) is 0.363. The molecule has 0 spiro atoms. The predicted molar refractivity (Wildman–Crippen MR) is 85.8 cm³/mol. The highest BCUT2D eigenvalue weighted by atomic mass is 16.6. The first-order valence-electron chi connectivity index (χ1n) is 6.88. The molecule has 1 aromatic rings. The highest BCUT2D eigenvalue weighted by molar-refractivity contribution is 6.05. The number of allylic oxidation sites excluding steroid dienone is 2. The van der Waals surface area contributed by atoms with Crippen molar-refractivity contribution in [3.63, 3.8) is 0 Å². The van der Waals surface area contributed by atoms with Gasteiger partial charge in [-0.3, -0.25) is 14.9 Å². The fourth-order valence-corrected chi connectivity index (χ4v) is 2.13. The number of aryl methyl sites for hydroxylation is 1. The number of nitro groups is 1. The van der Waals surface area contributed by atoms with Gasteiger partial charge in [0, 0.05) is 37.0 Å². The summed E-state index contributed by atoms with van der Waals surface area (Å²) in [6.07, 6.45) is 4.08. The van der Waals surface area contributed by atoms with Gasteiger partial charge < -0.3 is 10.0 Å². The van der Waals surface area contributed by atoms with E-state index in [1.165, 1.54) is 23.1 Å². The van der Waals surface area contributed by atoms with E-state index in [2.05, 4.69) is 6.58 Å². The van der Waals surface area contributed by atoms with Gasteiger partial charge in [-0.25, -0.2) is 0 Å². The largest absolute Gasteiger partial charge is 0.396 e. The molecule has 1 N–H and O–H groups in total. The van der Waals surface area contributed by atoms with Crippen LogP contribution in [-0.2, 0) is 4.79 Å². The number of anilines is 1. The van der Waals surface area contributed by atoms with Crippen molar-refractivity contribution in [2.24, 2.45) is 0 Å². The second kappa shape index (κ2) is 8.09. The zero-order valence-corrected chi connectivity index (χ0v) is 12.8. The minimum absolute atomic E-state index is 0.00202. The summed E-state index contributed by atoms with van der Waals surface area (Å²) < 4.78 is 0. The number of amides is 1. The number of hydrogen-bond donors (Lipinski definition) is 1. The molecule has 0 saturated carbocycles. The number of carbonyl (C=O) groups excluding carboxylic acids is 1. The maximum Gasteiger partial charge on any atom is 0.269 e. The Bertz CT molecular complexity index is 608. The molecule has 6 heteroatoms. The lowest BCUT2D eigenvalue weighted by Crippen LogP contribution is -2.28. The van der Waals surface area contributed by atoms with E-state index in [0.29, 0.717) is 29.7 Å². The van der Waals surface area contributed by atoms with Crippen molar-refractivity contribution >= 4 is 17.3 Å². The fraction of sp³-hybridized carbons (Fsp3) is 0.312. The monoisotopic (exact) mass is 304 g/mol.